The third-order valence-corrected chi connectivity index (χ3v) is 4.73. The lowest BCUT2D eigenvalue weighted by Gasteiger charge is -2.32. The minimum Gasteiger partial charge on any atom is -0.497 e. The number of benzene rings is 1. The molecule has 0 spiro atoms. The second kappa shape index (κ2) is 7.42. The van der Waals surface area contributed by atoms with Gasteiger partial charge in [0.15, 0.2) is 0 Å². The third kappa shape index (κ3) is 4.02. The Morgan fingerprint density at radius 1 is 1.24 bits per heavy atom. The van der Waals surface area contributed by atoms with Gasteiger partial charge in [0, 0.05) is 31.0 Å². The van der Waals surface area contributed by atoms with Crippen LogP contribution >= 0.6 is 0 Å². The van der Waals surface area contributed by atoms with E-state index in [1.807, 2.05) is 36.1 Å². The Morgan fingerprint density at radius 2 is 2.00 bits per heavy atom. The number of carbonyl (C=O) groups excluding carboxylic acids is 1. The van der Waals surface area contributed by atoms with Crippen molar-refractivity contribution in [2.24, 2.45) is 0 Å². The molecule has 2 aromatic rings. The molecule has 1 saturated heterocycles. The van der Waals surface area contributed by atoms with Crippen LogP contribution in [0, 0.1) is 6.92 Å². The fraction of sp³-hybridized carbons (Fsp3) is 0.368. The molecule has 1 aliphatic rings. The summed E-state index contributed by atoms with van der Waals surface area (Å²) in [6.07, 6.45) is 3.40. The number of urea groups is 1. The zero-order chi connectivity index (χ0) is 17.8. The van der Waals surface area contributed by atoms with E-state index in [1.165, 1.54) is 0 Å². The highest BCUT2D eigenvalue weighted by Crippen LogP contribution is 2.28. The molecule has 2 amide bonds. The van der Waals surface area contributed by atoms with Gasteiger partial charge in [-0.15, -0.1) is 0 Å². The van der Waals surface area contributed by atoms with E-state index in [2.05, 4.69) is 10.3 Å². The molecule has 1 aromatic carbocycles. The molecule has 1 aromatic heterocycles. The Balaban J connectivity index is 1.59. The zero-order valence-electron chi connectivity index (χ0n) is 14.5. The Bertz CT molecular complexity index is 808. The Labute approximate surface area is 146 Å². The van der Waals surface area contributed by atoms with E-state index in [-0.39, 0.29) is 11.6 Å². The van der Waals surface area contributed by atoms with Crippen LogP contribution < -0.4 is 15.6 Å². The molecule has 0 radical (unpaired) electrons. The van der Waals surface area contributed by atoms with Crippen molar-refractivity contribution in [3.05, 3.63) is 58.0 Å². The number of methoxy groups -OCH3 is 1. The number of aromatic nitrogens is 1. The molecule has 3 rings (SSSR count). The molecule has 132 valence electrons. The van der Waals surface area contributed by atoms with Crippen LogP contribution in [0.4, 0.5) is 10.5 Å². The third-order valence-electron chi connectivity index (χ3n) is 4.73. The number of nitrogens with one attached hydrogen (secondary N) is 2. The minimum atomic E-state index is -0.0855. The first-order valence-corrected chi connectivity index (χ1v) is 8.46. The second-order valence-corrected chi connectivity index (χ2v) is 6.36. The summed E-state index contributed by atoms with van der Waals surface area (Å²) in [5.41, 5.74) is 2.73. The lowest BCUT2D eigenvalue weighted by Crippen LogP contribution is -2.40. The Kier molecular flexibility index (Phi) is 5.07. The van der Waals surface area contributed by atoms with Crippen LogP contribution in [0.25, 0.3) is 0 Å². The molecule has 25 heavy (non-hydrogen) atoms. The lowest BCUT2D eigenvalue weighted by molar-refractivity contribution is 0.194. The number of piperidine rings is 1. The van der Waals surface area contributed by atoms with Crippen molar-refractivity contribution in [2.75, 3.05) is 25.5 Å². The summed E-state index contributed by atoms with van der Waals surface area (Å²) in [5.74, 6) is 1.10. The molecular formula is C19H23N3O3. The first kappa shape index (κ1) is 17.1. The molecule has 0 aliphatic carbocycles. The molecule has 2 heterocycles. The molecule has 6 nitrogen and oxygen atoms in total. The van der Waals surface area contributed by atoms with Crippen LogP contribution in [0.5, 0.6) is 5.75 Å². The number of amides is 2. The molecule has 1 fully saturated rings. The van der Waals surface area contributed by atoms with E-state index in [0.717, 1.165) is 35.4 Å². The number of aryl methyl sites for hydroxylation is 1. The van der Waals surface area contributed by atoms with Gasteiger partial charge in [-0.25, -0.2) is 4.79 Å². The average Bonchev–Trinajstić information content (AvgIpc) is 2.63. The number of aromatic amines is 1. The van der Waals surface area contributed by atoms with Gasteiger partial charge in [0.1, 0.15) is 5.75 Å². The highest BCUT2D eigenvalue weighted by molar-refractivity contribution is 5.90. The van der Waals surface area contributed by atoms with Crippen molar-refractivity contribution in [1.82, 2.24) is 9.88 Å². The number of nitrogens with zero attached hydrogens (tertiary/aromatic N) is 1. The number of pyridine rings is 1. The summed E-state index contributed by atoms with van der Waals surface area (Å²) >= 11 is 0. The average molecular weight is 341 g/mol. The fourth-order valence-corrected chi connectivity index (χ4v) is 3.23. The highest BCUT2D eigenvalue weighted by Gasteiger charge is 2.24. The van der Waals surface area contributed by atoms with E-state index in [4.69, 9.17) is 4.74 Å². The van der Waals surface area contributed by atoms with E-state index < -0.39 is 0 Å². The Hall–Kier alpha value is -2.76. The summed E-state index contributed by atoms with van der Waals surface area (Å²) in [5, 5.41) is 2.97. The number of hydrogen-bond acceptors (Lipinski definition) is 3. The molecule has 0 bridgehead atoms. The maximum Gasteiger partial charge on any atom is 0.321 e. The molecule has 0 unspecified atom stereocenters. The van der Waals surface area contributed by atoms with Gasteiger partial charge < -0.3 is 19.9 Å². The van der Waals surface area contributed by atoms with Crippen LogP contribution in [0.3, 0.4) is 0 Å². The standard InChI is InChI=1S/C19H23N3O3/c1-13-11-16(25-2)3-4-17(13)21-19(24)22-9-6-14(7-10-22)15-5-8-20-18(23)12-15/h3-5,8,11-12,14H,6-7,9-10H2,1-2H3,(H,20,23)(H,21,24). The quantitative estimate of drug-likeness (QED) is 0.901. The van der Waals surface area contributed by atoms with E-state index in [0.29, 0.717) is 19.0 Å². The first-order valence-electron chi connectivity index (χ1n) is 8.46. The number of likely N-dealkylation sites (tertiary alicyclic amines) is 1. The zero-order valence-corrected chi connectivity index (χ0v) is 14.5. The summed E-state index contributed by atoms with van der Waals surface area (Å²) in [6, 6.07) is 9.10. The summed E-state index contributed by atoms with van der Waals surface area (Å²) in [7, 11) is 1.62. The largest absolute Gasteiger partial charge is 0.497 e. The van der Waals surface area contributed by atoms with Gasteiger partial charge in [0.2, 0.25) is 5.56 Å². The van der Waals surface area contributed by atoms with Crippen LogP contribution in [-0.2, 0) is 0 Å². The predicted octanol–water partition coefficient (Wildman–Crippen LogP) is 3.10. The molecular weight excluding hydrogens is 318 g/mol. The number of H-pyrrole nitrogens is 1. The summed E-state index contributed by atoms with van der Waals surface area (Å²) in [4.78, 5) is 28.4. The van der Waals surface area contributed by atoms with Crippen molar-refractivity contribution in [1.29, 1.82) is 0 Å². The maximum absolute atomic E-state index is 12.5. The van der Waals surface area contributed by atoms with E-state index >= 15 is 0 Å². The second-order valence-electron chi connectivity index (χ2n) is 6.36. The fourth-order valence-electron chi connectivity index (χ4n) is 3.23. The van der Waals surface area contributed by atoms with Gasteiger partial charge in [0.05, 0.1) is 7.11 Å². The summed E-state index contributed by atoms with van der Waals surface area (Å²) in [6.45, 7) is 3.30. The van der Waals surface area contributed by atoms with Crippen LogP contribution in [0.1, 0.15) is 29.9 Å². The van der Waals surface area contributed by atoms with Gasteiger partial charge in [-0.3, -0.25) is 4.79 Å². The predicted molar refractivity (Wildman–Crippen MR) is 97.4 cm³/mol. The molecule has 2 N–H and O–H groups in total. The van der Waals surface area contributed by atoms with Crippen molar-refractivity contribution < 1.29 is 9.53 Å². The number of rotatable bonds is 3. The van der Waals surface area contributed by atoms with Crippen LogP contribution in [-0.4, -0.2) is 36.1 Å². The Morgan fingerprint density at radius 3 is 2.64 bits per heavy atom. The van der Waals surface area contributed by atoms with Gasteiger partial charge in [0.25, 0.3) is 0 Å². The van der Waals surface area contributed by atoms with Crippen LogP contribution in [0.15, 0.2) is 41.3 Å². The molecule has 6 heteroatoms. The van der Waals surface area contributed by atoms with E-state index in [1.54, 1.807) is 19.4 Å². The summed E-state index contributed by atoms with van der Waals surface area (Å²) < 4.78 is 5.19. The normalized spacial score (nSPS) is 15.0. The molecule has 0 atom stereocenters. The van der Waals surface area contributed by atoms with Crippen molar-refractivity contribution in [3.63, 3.8) is 0 Å². The van der Waals surface area contributed by atoms with Gasteiger partial charge in [-0.2, -0.15) is 0 Å². The van der Waals surface area contributed by atoms with Gasteiger partial charge in [-0.05, 0) is 61.1 Å². The first-order chi connectivity index (χ1) is 12.1. The monoisotopic (exact) mass is 341 g/mol. The number of carbonyl (C=O) groups is 1. The van der Waals surface area contributed by atoms with Crippen molar-refractivity contribution in [3.8, 4) is 5.75 Å². The maximum atomic E-state index is 12.5. The molecule has 0 saturated carbocycles. The smallest absolute Gasteiger partial charge is 0.321 e. The van der Waals surface area contributed by atoms with Crippen LogP contribution in [0.2, 0.25) is 0 Å². The van der Waals surface area contributed by atoms with Crippen molar-refractivity contribution >= 4 is 11.7 Å². The topological polar surface area (TPSA) is 74.4 Å². The lowest BCUT2D eigenvalue weighted by atomic mass is 9.90. The molecule has 1 aliphatic heterocycles. The number of ether oxygens (including phenoxy) is 1. The highest BCUT2D eigenvalue weighted by atomic mass is 16.5. The van der Waals surface area contributed by atoms with Gasteiger partial charge >= 0.3 is 6.03 Å². The minimum absolute atomic E-state index is 0.0762. The number of anilines is 1. The SMILES string of the molecule is COc1ccc(NC(=O)N2CCC(c3cc[nH]c(=O)c3)CC2)c(C)c1. The number of hydrogen-bond donors (Lipinski definition) is 2. The van der Waals surface area contributed by atoms with E-state index in [9.17, 15) is 9.59 Å². The van der Waals surface area contributed by atoms with Gasteiger partial charge in [-0.1, -0.05) is 0 Å². The van der Waals surface area contributed by atoms with Crippen molar-refractivity contribution in [2.45, 2.75) is 25.7 Å².